The lowest BCUT2D eigenvalue weighted by Crippen LogP contribution is -2.24. The molecular weight excluding hydrogens is 350 g/mol. The highest BCUT2D eigenvalue weighted by Crippen LogP contribution is 2.17. The summed E-state index contributed by atoms with van der Waals surface area (Å²) in [5, 5.41) is 0.685. The van der Waals surface area contributed by atoms with Crippen LogP contribution in [-0.4, -0.2) is 17.9 Å². The summed E-state index contributed by atoms with van der Waals surface area (Å²) < 4.78 is 1.01. The lowest BCUT2D eigenvalue weighted by atomic mass is 10.2. The van der Waals surface area contributed by atoms with Crippen LogP contribution in [0.4, 0.5) is 0 Å². The van der Waals surface area contributed by atoms with Gasteiger partial charge in [-0.05, 0) is 35.4 Å². The molecule has 0 N–H and O–H groups in total. The Morgan fingerprint density at radius 3 is 2.52 bits per heavy atom. The molecule has 0 radical (unpaired) electrons. The first-order chi connectivity index (χ1) is 10.1. The SMILES string of the molecule is CN(Cc1ccccc1Br)C(=O)C=Cc1ccc(Cl)cc1. The molecule has 0 unspecified atom stereocenters. The maximum atomic E-state index is 12.1. The Morgan fingerprint density at radius 1 is 1.19 bits per heavy atom. The predicted octanol–water partition coefficient (Wildman–Crippen LogP) is 4.77. The molecule has 2 rings (SSSR count). The number of benzene rings is 2. The van der Waals surface area contributed by atoms with Crippen molar-refractivity contribution < 1.29 is 4.79 Å². The highest BCUT2D eigenvalue weighted by Gasteiger charge is 2.07. The van der Waals surface area contributed by atoms with Crippen molar-refractivity contribution in [2.24, 2.45) is 0 Å². The fourth-order valence-electron chi connectivity index (χ4n) is 1.83. The normalized spacial score (nSPS) is 10.8. The third kappa shape index (κ3) is 4.73. The second-order valence-corrected chi connectivity index (χ2v) is 5.96. The van der Waals surface area contributed by atoms with Crippen molar-refractivity contribution in [3.63, 3.8) is 0 Å². The number of halogens is 2. The topological polar surface area (TPSA) is 20.3 Å². The van der Waals surface area contributed by atoms with Crippen LogP contribution in [0.25, 0.3) is 6.08 Å². The maximum Gasteiger partial charge on any atom is 0.246 e. The van der Waals surface area contributed by atoms with Gasteiger partial charge in [-0.25, -0.2) is 0 Å². The predicted molar refractivity (Wildman–Crippen MR) is 91.1 cm³/mol. The Hall–Kier alpha value is -1.58. The van der Waals surface area contributed by atoms with Crippen LogP contribution in [0.5, 0.6) is 0 Å². The van der Waals surface area contributed by atoms with Crippen molar-refractivity contribution in [2.45, 2.75) is 6.54 Å². The molecule has 0 heterocycles. The molecule has 0 saturated heterocycles. The Bertz CT molecular complexity index is 652. The summed E-state index contributed by atoms with van der Waals surface area (Å²) in [7, 11) is 1.79. The van der Waals surface area contributed by atoms with E-state index in [0.717, 1.165) is 15.6 Å². The highest BCUT2D eigenvalue weighted by molar-refractivity contribution is 9.10. The number of likely N-dealkylation sites (N-methyl/N-ethyl adjacent to an activating group) is 1. The maximum absolute atomic E-state index is 12.1. The molecule has 2 aromatic carbocycles. The molecule has 4 heteroatoms. The molecule has 0 atom stereocenters. The molecule has 0 bridgehead atoms. The fourth-order valence-corrected chi connectivity index (χ4v) is 2.36. The molecule has 0 aliphatic rings. The van der Waals surface area contributed by atoms with Gasteiger partial charge in [0.25, 0.3) is 0 Å². The number of hydrogen-bond donors (Lipinski definition) is 0. The van der Waals surface area contributed by atoms with Crippen LogP contribution >= 0.6 is 27.5 Å². The van der Waals surface area contributed by atoms with E-state index in [-0.39, 0.29) is 5.91 Å². The third-order valence-electron chi connectivity index (χ3n) is 3.03. The summed E-state index contributed by atoms with van der Waals surface area (Å²) in [6.45, 7) is 0.561. The Balaban J connectivity index is 1.99. The lowest BCUT2D eigenvalue weighted by molar-refractivity contribution is -0.125. The monoisotopic (exact) mass is 363 g/mol. The molecule has 2 aromatic rings. The molecule has 108 valence electrons. The molecule has 0 aliphatic heterocycles. The summed E-state index contributed by atoms with van der Waals surface area (Å²) in [5.74, 6) is -0.0410. The zero-order valence-corrected chi connectivity index (χ0v) is 13.9. The average Bonchev–Trinajstić information content (AvgIpc) is 2.48. The highest BCUT2D eigenvalue weighted by atomic mass is 79.9. The van der Waals surface area contributed by atoms with Crippen LogP contribution in [0.15, 0.2) is 59.1 Å². The fraction of sp³-hybridized carbons (Fsp3) is 0.118. The van der Waals surface area contributed by atoms with Gasteiger partial charge < -0.3 is 4.90 Å². The number of hydrogen-bond acceptors (Lipinski definition) is 1. The Labute approximate surface area is 138 Å². The second kappa shape index (κ2) is 7.43. The minimum absolute atomic E-state index is 0.0410. The van der Waals surface area contributed by atoms with E-state index in [1.54, 1.807) is 36.2 Å². The van der Waals surface area contributed by atoms with E-state index >= 15 is 0 Å². The first kappa shape index (κ1) is 15.8. The van der Waals surface area contributed by atoms with Crippen LogP contribution in [0.3, 0.4) is 0 Å². The first-order valence-corrected chi connectivity index (χ1v) is 7.65. The van der Waals surface area contributed by atoms with Crippen LogP contribution in [-0.2, 0) is 11.3 Å². The lowest BCUT2D eigenvalue weighted by Gasteiger charge is -2.16. The number of carbonyl (C=O) groups excluding carboxylic acids is 1. The number of amides is 1. The smallest absolute Gasteiger partial charge is 0.246 e. The Kier molecular flexibility index (Phi) is 5.59. The average molecular weight is 365 g/mol. The van der Waals surface area contributed by atoms with Crippen molar-refractivity contribution in [2.75, 3.05) is 7.05 Å². The van der Waals surface area contributed by atoms with Gasteiger partial charge in [-0.15, -0.1) is 0 Å². The summed E-state index contributed by atoms with van der Waals surface area (Å²) >= 11 is 9.31. The number of rotatable bonds is 4. The van der Waals surface area contributed by atoms with Crippen molar-refractivity contribution in [1.82, 2.24) is 4.90 Å². The van der Waals surface area contributed by atoms with E-state index in [9.17, 15) is 4.79 Å². The quantitative estimate of drug-likeness (QED) is 0.715. The van der Waals surface area contributed by atoms with Gasteiger partial charge in [-0.1, -0.05) is 57.9 Å². The van der Waals surface area contributed by atoms with Crippen LogP contribution in [0.1, 0.15) is 11.1 Å². The molecular formula is C17H15BrClNO. The van der Waals surface area contributed by atoms with Gasteiger partial charge in [0.05, 0.1) is 0 Å². The molecule has 21 heavy (non-hydrogen) atoms. The molecule has 0 fully saturated rings. The largest absolute Gasteiger partial charge is 0.338 e. The summed E-state index contributed by atoms with van der Waals surface area (Å²) in [4.78, 5) is 13.8. The van der Waals surface area contributed by atoms with E-state index in [2.05, 4.69) is 15.9 Å². The molecule has 0 aromatic heterocycles. The van der Waals surface area contributed by atoms with E-state index in [1.807, 2.05) is 36.4 Å². The van der Waals surface area contributed by atoms with Gasteiger partial charge in [0.15, 0.2) is 0 Å². The van der Waals surface area contributed by atoms with E-state index in [1.165, 1.54) is 0 Å². The van der Waals surface area contributed by atoms with Crippen molar-refractivity contribution in [3.8, 4) is 0 Å². The number of nitrogens with zero attached hydrogens (tertiary/aromatic N) is 1. The molecule has 0 spiro atoms. The van der Waals surface area contributed by atoms with Gasteiger partial charge in [0, 0.05) is 29.2 Å². The standard InChI is InChI=1S/C17H15BrClNO/c1-20(12-14-4-2-3-5-16(14)18)17(21)11-8-13-6-9-15(19)10-7-13/h2-11H,12H2,1H3. The second-order valence-electron chi connectivity index (χ2n) is 4.67. The van der Waals surface area contributed by atoms with Crippen molar-refractivity contribution in [3.05, 3.63) is 75.2 Å². The third-order valence-corrected chi connectivity index (χ3v) is 4.06. The Morgan fingerprint density at radius 2 is 1.86 bits per heavy atom. The summed E-state index contributed by atoms with van der Waals surface area (Å²) in [6.07, 6.45) is 3.36. The summed E-state index contributed by atoms with van der Waals surface area (Å²) in [6, 6.07) is 15.2. The van der Waals surface area contributed by atoms with Crippen LogP contribution in [0, 0.1) is 0 Å². The van der Waals surface area contributed by atoms with E-state index < -0.39 is 0 Å². The van der Waals surface area contributed by atoms with E-state index in [0.29, 0.717) is 11.6 Å². The van der Waals surface area contributed by atoms with Gasteiger partial charge in [0.1, 0.15) is 0 Å². The minimum atomic E-state index is -0.0410. The number of carbonyl (C=O) groups is 1. The minimum Gasteiger partial charge on any atom is -0.338 e. The zero-order valence-electron chi connectivity index (χ0n) is 11.6. The summed E-state index contributed by atoms with van der Waals surface area (Å²) in [5.41, 5.74) is 2.02. The van der Waals surface area contributed by atoms with Gasteiger partial charge >= 0.3 is 0 Å². The van der Waals surface area contributed by atoms with Crippen molar-refractivity contribution >= 4 is 39.5 Å². The van der Waals surface area contributed by atoms with Gasteiger partial charge in [0.2, 0.25) is 5.91 Å². The van der Waals surface area contributed by atoms with Gasteiger partial charge in [-0.2, -0.15) is 0 Å². The van der Waals surface area contributed by atoms with Gasteiger partial charge in [-0.3, -0.25) is 4.79 Å². The molecule has 0 saturated carbocycles. The molecule has 0 aliphatic carbocycles. The van der Waals surface area contributed by atoms with Crippen LogP contribution < -0.4 is 0 Å². The molecule has 1 amide bonds. The first-order valence-electron chi connectivity index (χ1n) is 6.48. The zero-order chi connectivity index (χ0) is 15.2. The van der Waals surface area contributed by atoms with Crippen LogP contribution in [0.2, 0.25) is 5.02 Å². The van der Waals surface area contributed by atoms with E-state index in [4.69, 9.17) is 11.6 Å². The van der Waals surface area contributed by atoms with Crippen molar-refractivity contribution in [1.29, 1.82) is 0 Å². The molecule has 2 nitrogen and oxygen atoms in total.